The number of hydrogen-bond donors (Lipinski definition) is 0. The van der Waals surface area contributed by atoms with E-state index in [1.807, 2.05) is 0 Å². The molecule has 0 N–H and O–H groups in total. The lowest BCUT2D eigenvalue weighted by atomic mass is 10.0. The summed E-state index contributed by atoms with van der Waals surface area (Å²) in [5, 5.41) is 0. The molecule has 1 aliphatic rings. The van der Waals surface area contributed by atoms with Crippen LogP contribution in [0, 0.1) is 12.0 Å². The van der Waals surface area contributed by atoms with Gasteiger partial charge in [0.25, 0.3) is 0 Å². The van der Waals surface area contributed by atoms with Gasteiger partial charge < -0.3 is 9.47 Å². The Labute approximate surface area is 144 Å². The van der Waals surface area contributed by atoms with Crippen LogP contribution in [0.2, 0.25) is 0 Å². The summed E-state index contributed by atoms with van der Waals surface area (Å²) in [5.41, 5.74) is 0. The summed E-state index contributed by atoms with van der Waals surface area (Å²) in [6.07, 6.45) is 23.7. The molecule has 0 amide bonds. The lowest BCUT2D eigenvalue weighted by Gasteiger charge is -2.19. The van der Waals surface area contributed by atoms with Crippen molar-refractivity contribution in [3.05, 3.63) is 0 Å². The van der Waals surface area contributed by atoms with Crippen LogP contribution in [0.4, 0.5) is 0 Å². The SMILES string of the molecule is CCCCCCCCCCCCCCC#COC1CCCCO1. The molecular formula is C21H38O2. The summed E-state index contributed by atoms with van der Waals surface area (Å²) in [6, 6.07) is 0. The third-order valence-corrected chi connectivity index (χ3v) is 4.56. The van der Waals surface area contributed by atoms with Crippen LogP contribution in [0.25, 0.3) is 0 Å². The van der Waals surface area contributed by atoms with Gasteiger partial charge in [-0.05, 0) is 19.3 Å². The van der Waals surface area contributed by atoms with Gasteiger partial charge in [0.05, 0.1) is 6.61 Å². The van der Waals surface area contributed by atoms with Crippen LogP contribution in [-0.2, 0) is 9.47 Å². The van der Waals surface area contributed by atoms with Crippen LogP contribution in [0.15, 0.2) is 0 Å². The molecule has 1 heterocycles. The summed E-state index contributed by atoms with van der Waals surface area (Å²) in [5.74, 6) is 3.12. The third kappa shape index (κ3) is 13.5. The van der Waals surface area contributed by atoms with Crippen LogP contribution in [-0.4, -0.2) is 12.9 Å². The normalized spacial score (nSPS) is 17.5. The average Bonchev–Trinajstić information content (AvgIpc) is 2.59. The zero-order chi connectivity index (χ0) is 16.4. The molecule has 1 unspecified atom stereocenters. The van der Waals surface area contributed by atoms with Gasteiger partial charge in [0, 0.05) is 12.8 Å². The van der Waals surface area contributed by atoms with E-state index in [0.717, 1.165) is 25.9 Å². The predicted octanol–water partition coefficient (Wildman–Crippen LogP) is 6.58. The van der Waals surface area contributed by atoms with E-state index in [-0.39, 0.29) is 6.29 Å². The Morgan fingerprint density at radius 1 is 0.826 bits per heavy atom. The van der Waals surface area contributed by atoms with E-state index in [2.05, 4.69) is 19.0 Å². The van der Waals surface area contributed by atoms with Crippen molar-refractivity contribution in [2.45, 2.75) is 116 Å². The highest BCUT2D eigenvalue weighted by molar-refractivity contribution is 4.91. The Hall–Kier alpha value is -0.680. The topological polar surface area (TPSA) is 18.5 Å². The largest absolute Gasteiger partial charge is 0.414 e. The molecular weight excluding hydrogens is 284 g/mol. The summed E-state index contributed by atoms with van der Waals surface area (Å²) >= 11 is 0. The Morgan fingerprint density at radius 2 is 1.43 bits per heavy atom. The highest BCUT2D eigenvalue weighted by Gasteiger charge is 2.12. The Bertz CT molecular complexity index is 297. The third-order valence-electron chi connectivity index (χ3n) is 4.56. The van der Waals surface area contributed by atoms with Gasteiger partial charge in [0.2, 0.25) is 6.29 Å². The van der Waals surface area contributed by atoms with Gasteiger partial charge in [0.1, 0.15) is 6.11 Å². The van der Waals surface area contributed by atoms with E-state index in [0.29, 0.717) is 0 Å². The number of unbranched alkanes of at least 4 members (excludes halogenated alkanes) is 12. The van der Waals surface area contributed by atoms with E-state index in [1.54, 1.807) is 0 Å². The van der Waals surface area contributed by atoms with Crippen LogP contribution >= 0.6 is 0 Å². The molecule has 2 nitrogen and oxygen atoms in total. The van der Waals surface area contributed by atoms with Crippen molar-refractivity contribution in [2.24, 2.45) is 0 Å². The molecule has 1 aliphatic heterocycles. The van der Waals surface area contributed by atoms with Crippen molar-refractivity contribution in [1.82, 2.24) is 0 Å². The Balaban J connectivity index is 1.74. The number of hydrogen-bond acceptors (Lipinski definition) is 2. The summed E-state index contributed by atoms with van der Waals surface area (Å²) < 4.78 is 10.9. The van der Waals surface area contributed by atoms with E-state index in [1.165, 1.54) is 83.5 Å². The van der Waals surface area contributed by atoms with E-state index in [9.17, 15) is 0 Å². The number of ether oxygens (including phenoxy) is 2. The summed E-state index contributed by atoms with van der Waals surface area (Å²) in [4.78, 5) is 0. The van der Waals surface area contributed by atoms with Crippen LogP contribution < -0.4 is 0 Å². The van der Waals surface area contributed by atoms with Crippen molar-refractivity contribution in [3.8, 4) is 12.0 Å². The first-order valence-corrected chi connectivity index (χ1v) is 10.2. The van der Waals surface area contributed by atoms with Crippen molar-refractivity contribution in [2.75, 3.05) is 6.61 Å². The van der Waals surface area contributed by atoms with Crippen LogP contribution in [0.3, 0.4) is 0 Å². The van der Waals surface area contributed by atoms with Crippen LogP contribution in [0.1, 0.15) is 110 Å². The highest BCUT2D eigenvalue weighted by atomic mass is 16.7. The quantitative estimate of drug-likeness (QED) is 0.281. The second-order valence-electron chi connectivity index (χ2n) is 6.83. The molecule has 0 aromatic carbocycles. The van der Waals surface area contributed by atoms with Gasteiger partial charge in [-0.1, -0.05) is 83.5 Å². The number of rotatable bonds is 13. The fourth-order valence-electron chi connectivity index (χ4n) is 3.02. The molecule has 0 bridgehead atoms. The van der Waals surface area contributed by atoms with Gasteiger partial charge in [-0.2, -0.15) is 0 Å². The van der Waals surface area contributed by atoms with E-state index < -0.39 is 0 Å². The molecule has 0 aromatic heterocycles. The van der Waals surface area contributed by atoms with Gasteiger partial charge in [0.15, 0.2) is 0 Å². The van der Waals surface area contributed by atoms with Gasteiger partial charge >= 0.3 is 0 Å². The van der Waals surface area contributed by atoms with Crippen molar-refractivity contribution in [1.29, 1.82) is 0 Å². The lowest BCUT2D eigenvalue weighted by Crippen LogP contribution is -2.20. The lowest BCUT2D eigenvalue weighted by molar-refractivity contribution is -0.121. The van der Waals surface area contributed by atoms with Gasteiger partial charge in [-0.15, -0.1) is 0 Å². The molecule has 0 spiro atoms. The minimum absolute atomic E-state index is 0.0711. The van der Waals surface area contributed by atoms with Crippen molar-refractivity contribution in [3.63, 3.8) is 0 Å². The smallest absolute Gasteiger partial charge is 0.210 e. The predicted molar refractivity (Wildman–Crippen MR) is 98.1 cm³/mol. The Morgan fingerprint density at radius 3 is 2.00 bits per heavy atom. The van der Waals surface area contributed by atoms with Gasteiger partial charge in [-0.25, -0.2) is 0 Å². The fraction of sp³-hybridized carbons (Fsp3) is 0.905. The van der Waals surface area contributed by atoms with E-state index >= 15 is 0 Å². The molecule has 134 valence electrons. The average molecular weight is 323 g/mol. The maximum Gasteiger partial charge on any atom is 0.210 e. The fourth-order valence-corrected chi connectivity index (χ4v) is 3.02. The van der Waals surface area contributed by atoms with Gasteiger partial charge in [-0.3, -0.25) is 0 Å². The van der Waals surface area contributed by atoms with E-state index in [4.69, 9.17) is 9.47 Å². The monoisotopic (exact) mass is 322 g/mol. The summed E-state index contributed by atoms with van der Waals surface area (Å²) in [7, 11) is 0. The van der Waals surface area contributed by atoms with Crippen LogP contribution in [0.5, 0.6) is 0 Å². The second-order valence-corrected chi connectivity index (χ2v) is 6.83. The second kappa shape index (κ2) is 16.2. The first-order valence-electron chi connectivity index (χ1n) is 10.2. The molecule has 0 aromatic rings. The molecule has 1 atom stereocenters. The van der Waals surface area contributed by atoms with Crippen molar-refractivity contribution < 1.29 is 9.47 Å². The molecule has 0 saturated carbocycles. The van der Waals surface area contributed by atoms with Crippen molar-refractivity contribution >= 4 is 0 Å². The molecule has 1 fully saturated rings. The maximum absolute atomic E-state index is 5.47. The first kappa shape index (κ1) is 20.4. The molecule has 1 saturated heterocycles. The minimum Gasteiger partial charge on any atom is -0.414 e. The summed E-state index contributed by atoms with van der Waals surface area (Å²) in [6.45, 7) is 3.11. The molecule has 23 heavy (non-hydrogen) atoms. The first-order chi connectivity index (χ1) is 11.4. The zero-order valence-electron chi connectivity index (χ0n) is 15.4. The zero-order valence-corrected chi connectivity index (χ0v) is 15.4. The maximum atomic E-state index is 5.47. The molecule has 0 radical (unpaired) electrons. The molecule has 1 rings (SSSR count). The standard InChI is InChI=1S/C21H38O2/c1-2-3-4-5-6-7-8-9-10-11-12-13-14-16-19-22-21-18-15-17-20-23-21/h21H,2-15,17-18,20H2,1H3. The Kier molecular flexibility index (Phi) is 14.3. The highest BCUT2D eigenvalue weighted by Crippen LogP contribution is 2.13. The minimum atomic E-state index is -0.0711. The molecule has 2 heteroatoms. The molecule has 0 aliphatic carbocycles.